The first-order valence-corrected chi connectivity index (χ1v) is 6.69. The van der Waals surface area contributed by atoms with Crippen molar-refractivity contribution in [3.05, 3.63) is 42.2 Å². The van der Waals surface area contributed by atoms with Crippen LogP contribution < -0.4 is 0 Å². The first-order valence-electron chi connectivity index (χ1n) is 6.69. The molecular formula is C15H14N2O2. The zero-order chi connectivity index (χ0) is 13.0. The molecule has 4 heteroatoms. The molecule has 2 amide bonds. The number of carbonyl (C=O) groups is 2. The van der Waals surface area contributed by atoms with Crippen molar-refractivity contribution in [2.24, 2.45) is 23.7 Å². The third-order valence-corrected chi connectivity index (χ3v) is 4.61. The Bertz CT molecular complexity index is 551. The number of hydrogen-bond acceptors (Lipinski definition) is 3. The average molecular weight is 254 g/mol. The molecule has 3 aliphatic rings. The second kappa shape index (κ2) is 3.76. The number of amides is 2. The highest BCUT2D eigenvalue weighted by Crippen LogP contribution is 2.52. The van der Waals surface area contributed by atoms with Gasteiger partial charge in [-0.25, -0.2) is 0 Å². The van der Waals surface area contributed by atoms with Crippen LogP contribution in [0.3, 0.4) is 0 Å². The van der Waals surface area contributed by atoms with Crippen LogP contribution in [0, 0.1) is 23.7 Å². The molecule has 2 heterocycles. The summed E-state index contributed by atoms with van der Waals surface area (Å²) in [5.41, 5.74) is 0.768. The number of carbonyl (C=O) groups excluding carboxylic acids is 2. The Balaban J connectivity index is 1.62. The zero-order valence-electron chi connectivity index (χ0n) is 10.4. The Hall–Kier alpha value is -1.97. The van der Waals surface area contributed by atoms with Crippen LogP contribution in [-0.4, -0.2) is 21.7 Å². The third-order valence-electron chi connectivity index (χ3n) is 4.61. The number of likely N-dealkylation sites (tertiary alicyclic amines) is 1. The van der Waals surface area contributed by atoms with Crippen LogP contribution in [0.5, 0.6) is 0 Å². The fourth-order valence-electron chi connectivity index (χ4n) is 3.77. The molecule has 4 nitrogen and oxygen atoms in total. The van der Waals surface area contributed by atoms with Gasteiger partial charge in [0.05, 0.1) is 24.1 Å². The van der Waals surface area contributed by atoms with E-state index in [2.05, 4.69) is 17.1 Å². The predicted molar refractivity (Wildman–Crippen MR) is 67.5 cm³/mol. The smallest absolute Gasteiger partial charge is 0.234 e. The molecule has 4 atom stereocenters. The van der Waals surface area contributed by atoms with Crippen LogP contribution in [0.15, 0.2) is 36.5 Å². The summed E-state index contributed by atoms with van der Waals surface area (Å²) in [4.78, 5) is 30.5. The van der Waals surface area contributed by atoms with Gasteiger partial charge in [0.1, 0.15) is 0 Å². The van der Waals surface area contributed by atoms with Gasteiger partial charge in [0, 0.05) is 6.20 Å². The molecule has 96 valence electrons. The van der Waals surface area contributed by atoms with E-state index in [1.165, 1.54) is 4.90 Å². The molecular weight excluding hydrogens is 240 g/mol. The highest BCUT2D eigenvalue weighted by Gasteiger charge is 2.59. The minimum Gasteiger partial charge on any atom is -0.276 e. The summed E-state index contributed by atoms with van der Waals surface area (Å²) in [6, 6.07) is 5.55. The second-order valence-corrected chi connectivity index (χ2v) is 5.58. The van der Waals surface area contributed by atoms with E-state index < -0.39 is 0 Å². The maximum absolute atomic E-state index is 12.4. The van der Waals surface area contributed by atoms with Gasteiger partial charge in [-0.15, -0.1) is 0 Å². The van der Waals surface area contributed by atoms with Crippen molar-refractivity contribution in [2.45, 2.75) is 13.0 Å². The van der Waals surface area contributed by atoms with Gasteiger partial charge in [0.15, 0.2) is 0 Å². The monoisotopic (exact) mass is 254 g/mol. The van der Waals surface area contributed by atoms with E-state index in [-0.39, 0.29) is 35.5 Å². The van der Waals surface area contributed by atoms with Crippen LogP contribution in [0.4, 0.5) is 0 Å². The Morgan fingerprint density at radius 2 is 1.79 bits per heavy atom. The Morgan fingerprint density at radius 3 is 2.37 bits per heavy atom. The van der Waals surface area contributed by atoms with Crippen LogP contribution in [0.25, 0.3) is 0 Å². The molecule has 1 aromatic rings. The maximum Gasteiger partial charge on any atom is 0.234 e. The van der Waals surface area contributed by atoms with Crippen molar-refractivity contribution in [3.63, 3.8) is 0 Å². The summed E-state index contributed by atoms with van der Waals surface area (Å²) in [5.74, 6) is 0.341. The van der Waals surface area contributed by atoms with E-state index in [4.69, 9.17) is 0 Å². The summed E-state index contributed by atoms with van der Waals surface area (Å²) in [6.07, 6.45) is 6.89. The number of nitrogens with zero attached hydrogens (tertiary/aromatic N) is 2. The van der Waals surface area contributed by atoms with Gasteiger partial charge in [-0.2, -0.15) is 0 Å². The first-order chi connectivity index (χ1) is 9.25. The standard InChI is InChI=1S/C15H14N2O2/c18-14-12-9-4-5-10(7-9)13(12)15(19)17(14)8-11-3-1-2-6-16-11/h1-6,9-10,12-13H,7-8H2/t9-,10-,12+,13+/m0/s1. The molecule has 1 saturated heterocycles. The van der Waals surface area contributed by atoms with Crippen molar-refractivity contribution < 1.29 is 9.59 Å². The number of allylic oxidation sites excluding steroid dienone is 2. The molecule has 19 heavy (non-hydrogen) atoms. The van der Waals surface area contributed by atoms with Gasteiger partial charge in [-0.05, 0) is 30.4 Å². The maximum atomic E-state index is 12.4. The SMILES string of the molecule is O=C1[C@H]2[C@H](C(=O)N1Cc1ccccn1)[C@H]1C=C[C@H]2C1. The number of aromatic nitrogens is 1. The zero-order valence-corrected chi connectivity index (χ0v) is 10.4. The normalized spacial score (nSPS) is 35.3. The van der Waals surface area contributed by atoms with Crippen molar-refractivity contribution in [3.8, 4) is 0 Å². The molecule has 2 aliphatic carbocycles. The molecule has 0 spiro atoms. The van der Waals surface area contributed by atoms with Gasteiger partial charge >= 0.3 is 0 Å². The lowest BCUT2D eigenvalue weighted by Gasteiger charge is -2.16. The van der Waals surface area contributed by atoms with Crippen molar-refractivity contribution in [1.82, 2.24) is 9.88 Å². The van der Waals surface area contributed by atoms with Crippen molar-refractivity contribution >= 4 is 11.8 Å². The lowest BCUT2D eigenvalue weighted by Crippen LogP contribution is -2.32. The first kappa shape index (κ1) is 10.9. The van der Waals surface area contributed by atoms with Gasteiger partial charge < -0.3 is 0 Å². The topological polar surface area (TPSA) is 50.3 Å². The van der Waals surface area contributed by atoms with Crippen LogP contribution in [0.1, 0.15) is 12.1 Å². The minimum atomic E-state index is -0.105. The van der Waals surface area contributed by atoms with E-state index in [0.29, 0.717) is 6.54 Å². The number of imide groups is 1. The number of pyridine rings is 1. The second-order valence-electron chi connectivity index (χ2n) is 5.58. The van der Waals surface area contributed by atoms with Crippen LogP contribution >= 0.6 is 0 Å². The van der Waals surface area contributed by atoms with E-state index in [0.717, 1.165) is 12.1 Å². The lowest BCUT2D eigenvalue weighted by molar-refractivity contribution is -0.141. The number of hydrogen-bond donors (Lipinski definition) is 0. The third kappa shape index (κ3) is 1.43. The summed E-state index contributed by atoms with van der Waals surface area (Å²) >= 11 is 0. The molecule has 1 aliphatic heterocycles. The molecule has 0 unspecified atom stereocenters. The van der Waals surface area contributed by atoms with Crippen molar-refractivity contribution in [2.75, 3.05) is 0 Å². The van der Waals surface area contributed by atoms with Gasteiger partial charge in [-0.1, -0.05) is 18.2 Å². The predicted octanol–water partition coefficient (Wildman–Crippen LogP) is 1.39. The molecule has 0 aromatic carbocycles. The molecule has 1 aromatic heterocycles. The number of rotatable bonds is 2. The van der Waals surface area contributed by atoms with Gasteiger partial charge in [0.25, 0.3) is 0 Å². The van der Waals surface area contributed by atoms with E-state index in [1.807, 2.05) is 18.2 Å². The van der Waals surface area contributed by atoms with Crippen LogP contribution in [-0.2, 0) is 16.1 Å². The van der Waals surface area contributed by atoms with Crippen molar-refractivity contribution in [1.29, 1.82) is 0 Å². The van der Waals surface area contributed by atoms with Gasteiger partial charge in [0.2, 0.25) is 11.8 Å². The summed E-state index contributed by atoms with van der Waals surface area (Å²) in [5, 5.41) is 0. The molecule has 0 N–H and O–H groups in total. The Morgan fingerprint density at radius 1 is 1.11 bits per heavy atom. The number of fused-ring (bicyclic) bond motifs is 5. The average Bonchev–Trinajstić information content (AvgIpc) is 3.10. The summed E-state index contributed by atoms with van der Waals surface area (Å²) in [7, 11) is 0. The van der Waals surface area contributed by atoms with Crippen LogP contribution in [0.2, 0.25) is 0 Å². The molecule has 1 saturated carbocycles. The van der Waals surface area contributed by atoms with E-state index >= 15 is 0 Å². The lowest BCUT2D eigenvalue weighted by atomic mass is 9.85. The van der Waals surface area contributed by atoms with Gasteiger partial charge in [-0.3, -0.25) is 19.5 Å². The molecule has 4 rings (SSSR count). The highest BCUT2D eigenvalue weighted by atomic mass is 16.2. The fourth-order valence-corrected chi connectivity index (χ4v) is 3.77. The molecule has 2 fully saturated rings. The Kier molecular flexibility index (Phi) is 2.16. The quantitative estimate of drug-likeness (QED) is 0.592. The Labute approximate surface area is 111 Å². The van der Waals surface area contributed by atoms with E-state index in [9.17, 15) is 9.59 Å². The molecule has 0 radical (unpaired) electrons. The fraction of sp³-hybridized carbons (Fsp3) is 0.400. The molecule has 2 bridgehead atoms. The van der Waals surface area contributed by atoms with E-state index in [1.54, 1.807) is 6.20 Å². The minimum absolute atomic E-state index is 0.00231. The largest absolute Gasteiger partial charge is 0.276 e. The summed E-state index contributed by atoms with van der Waals surface area (Å²) < 4.78 is 0. The summed E-state index contributed by atoms with van der Waals surface area (Å²) in [6.45, 7) is 0.310. The highest BCUT2D eigenvalue weighted by molar-refractivity contribution is 6.06.